The lowest BCUT2D eigenvalue weighted by molar-refractivity contribution is -0.133. The van der Waals surface area contributed by atoms with Gasteiger partial charge in [0.2, 0.25) is 5.91 Å². The first-order valence-electron chi connectivity index (χ1n) is 6.36. The fraction of sp³-hybridized carbons (Fsp3) is 0.615. The minimum atomic E-state index is -0.469. The van der Waals surface area contributed by atoms with Crippen molar-refractivity contribution >= 4 is 5.91 Å². The molecule has 1 aliphatic heterocycles. The molecule has 2 rings (SSSR count). The highest BCUT2D eigenvalue weighted by atomic mass is 16.2. The highest BCUT2D eigenvalue weighted by Gasteiger charge is 2.25. The first-order chi connectivity index (χ1) is 8.50. The molecule has 0 saturated carbocycles. The molecule has 5 heteroatoms. The van der Waals surface area contributed by atoms with Gasteiger partial charge < -0.3 is 4.90 Å². The maximum Gasteiger partial charge on any atom is 0.348 e. The molecule has 1 aromatic heterocycles. The number of carbonyl (C=O) groups excluding carboxylic acids is 1. The van der Waals surface area contributed by atoms with E-state index in [-0.39, 0.29) is 11.6 Å². The molecule has 0 aliphatic carbocycles. The predicted molar refractivity (Wildman–Crippen MR) is 68.5 cm³/mol. The molecule has 1 amide bonds. The van der Waals surface area contributed by atoms with Gasteiger partial charge in [-0.1, -0.05) is 0 Å². The first-order valence-corrected chi connectivity index (χ1v) is 6.36. The Hall–Kier alpha value is -1.65. The minimum absolute atomic E-state index is 0.0170. The van der Waals surface area contributed by atoms with Gasteiger partial charge >= 0.3 is 5.69 Å². The van der Waals surface area contributed by atoms with Crippen molar-refractivity contribution in [3.05, 3.63) is 27.9 Å². The van der Waals surface area contributed by atoms with Gasteiger partial charge in [-0.25, -0.2) is 4.79 Å². The van der Waals surface area contributed by atoms with Crippen LogP contribution in [0.4, 0.5) is 0 Å². The first kappa shape index (κ1) is 12.8. The third kappa shape index (κ3) is 2.30. The molecule has 0 spiro atoms. The highest BCUT2D eigenvalue weighted by molar-refractivity contribution is 5.80. The van der Waals surface area contributed by atoms with Crippen LogP contribution in [-0.4, -0.2) is 33.4 Å². The van der Waals surface area contributed by atoms with Gasteiger partial charge in [-0.15, -0.1) is 0 Å². The van der Waals surface area contributed by atoms with Crippen molar-refractivity contribution in [3.63, 3.8) is 0 Å². The standard InChI is InChI=1S/C13H19N3O2/c1-9-8-10(2)16(13(18)14-9)11(3)12(17)15-6-4-5-7-15/h8,11H,4-7H2,1-3H3. The highest BCUT2D eigenvalue weighted by Crippen LogP contribution is 2.15. The van der Waals surface area contributed by atoms with Gasteiger partial charge in [-0.3, -0.25) is 9.36 Å². The normalized spacial score (nSPS) is 16.9. The topological polar surface area (TPSA) is 55.2 Å². The van der Waals surface area contributed by atoms with E-state index < -0.39 is 6.04 Å². The third-order valence-electron chi connectivity index (χ3n) is 3.44. The monoisotopic (exact) mass is 249 g/mol. The number of aryl methyl sites for hydroxylation is 2. The van der Waals surface area contributed by atoms with Gasteiger partial charge in [-0.2, -0.15) is 4.98 Å². The second-order valence-electron chi connectivity index (χ2n) is 4.90. The number of hydrogen-bond donors (Lipinski definition) is 0. The lowest BCUT2D eigenvalue weighted by Crippen LogP contribution is -2.39. The molecular formula is C13H19N3O2. The molecule has 0 aromatic carbocycles. The van der Waals surface area contributed by atoms with Crippen LogP contribution in [0.2, 0.25) is 0 Å². The van der Waals surface area contributed by atoms with E-state index in [0.717, 1.165) is 31.6 Å². The Morgan fingerprint density at radius 3 is 2.50 bits per heavy atom. The summed E-state index contributed by atoms with van der Waals surface area (Å²) in [6, 6.07) is 1.36. The Labute approximate surface area is 106 Å². The molecule has 1 saturated heterocycles. The summed E-state index contributed by atoms with van der Waals surface area (Å²) in [4.78, 5) is 29.9. The summed E-state index contributed by atoms with van der Waals surface area (Å²) < 4.78 is 1.48. The summed E-state index contributed by atoms with van der Waals surface area (Å²) in [6.45, 7) is 6.99. The molecule has 5 nitrogen and oxygen atoms in total. The predicted octanol–water partition coefficient (Wildman–Crippen LogP) is 1.04. The molecule has 2 heterocycles. The van der Waals surface area contributed by atoms with E-state index in [1.807, 2.05) is 17.9 Å². The van der Waals surface area contributed by atoms with Crippen molar-refractivity contribution in [3.8, 4) is 0 Å². The van der Waals surface area contributed by atoms with E-state index in [9.17, 15) is 9.59 Å². The Morgan fingerprint density at radius 2 is 1.94 bits per heavy atom. The van der Waals surface area contributed by atoms with Crippen LogP contribution in [0, 0.1) is 13.8 Å². The maximum absolute atomic E-state index is 12.3. The van der Waals surface area contributed by atoms with Crippen LogP contribution in [0.3, 0.4) is 0 Å². The maximum atomic E-state index is 12.3. The molecule has 0 radical (unpaired) electrons. The van der Waals surface area contributed by atoms with Crippen LogP contribution >= 0.6 is 0 Å². The quantitative estimate of drug-likeness (QED) is 0.787. The van der Waals surface area contributed by atoms with Gasteiger partial charge in [0.05, 0.1) is 0 Å². The van der Waals surface area contributed by atoms with E-state index in [2.05, 4.69) is 4.98 Å². The van der Waals surface area contributed by atoms with Crippen molar-refractivity contribution in [2.75, 3.05) is 13.1 Å². The summed E-state index contributed by atoms with van der Waals surface area (Å²) in [5, 5.41) is 0. The summed E-state index contributed by atoms with van der Waals surface area (Å²) in [7, 11) is 0. The van der Waals surface area contributed by atoms with Gasteiger partial charge in [0.25, 0.3) is 0 Å². The fourth-order valence-electron chi connectivity index (χ4n) is 2.54. The SMILES string of the molecule is Cc1cc(C)n(C(C)C(=O)N2CCCC2)c(=O)n1. The second kappa shape index (κ2) is 4.92. The molecule has 1 fully saturated rings. The van der Waals surface area contributed by atoms with Crippen molar-refractivity contribution in [1.29, 1.82) is 0 Å². The largest absolute Gasteiger partial charge is 0.348 e. The number of likely N-dealkylation sites (tertiary alicyclic amines) is 1. The number of carbonyl (C=O) groups is 1. The van der Waals surface area contributed by atoms with Gasteiger partial charge in [-0.05, 0) is 39.7 Å². The van der Waals surface area contributed by atoms with Crippen LogP contribution in [0.1, 0.15) is 37.2 Å². The average molecular weight is 249 g/mol. The third-order valence-corrected chi connectivity index (χ3v) is 3.44. The molecule has 0 bridgehead atoms. The van der Waals surface area contributed by atoms with E-state index in [1.165, 1.54) is 4.57 Å². The minimum Gasteiger partial charge on any atom is -0.341 e. The van der Waals surface area contributed by atoms with Gasteiger partial charge in [0.1, 0.15) is 6.04 Å². The van der Waals surface area contributed by atoms with Crippen molar-refractivity contribution < 1.29 is 4.79 Å². The van der Waals surface area contributed by atoms with Crippen LogP contribution in [0.15, 0.2) is 10.9 Å². The Kier molecular flexibility index (Phi) is 3.50. The lowest BCUT2D eigenvalue weighted by atomic mass is 10.2. The number of aromatic nitrogens is 2. The average Bonchev–Trinajstić information content (AvgIpc) is 2.79. The van der Waals surface area contributed by atoms with Crippen molar-refractivity contribution in [2.24, 2.45) is 0 Å². The number of rotatable bonds is 2. The molecule has 1 unspecified atom stereocenters. The van der Waals surface area contributed by atoms with Crippen LogP contribution < -0.4 is 5.69 Å². The van der Waals surface area contributed by atoms with E-state index in [4.69, 9.17) is 0 Å². The van der Waals surface area contributed by atoms with E-state index in [0.29, 0.717) is 5.69 Å². The van der Waals surface area contributed by atoms with Crippen LogP contribution in [-0.2, 0) is 4.79 Å². The lowest BCUT2D eigenvalue weighted by Gasteiger charge is -2.23. The molecule has 18 heavy (non-hydrogen) atoms. The Balaban J connectivity index is 2.31. The molecule has 98 valence electrons. The number of amides is 1. The molecule has 0 N–H and O–H groups in total. The fourth-order valence-corrected chi connectivity index (χ4v) is 2.54. The van der Waals surface area contributed by atoms with Crippen LogP contribution in [0.5, 0.6) is 0 Å². The zero-order valence-electron chi connectivity index (χ0n) is 11.1. The van der Waals surface area contributed by atoms with Crippen molar-refractivity contribution in [1.82, 2.24) is 14.5 Å². The Bertz CT molecular complexity index is 515. The van der Waals surface area contributed by atoms with Crippen molar-refractivity contribution in [2.45, 2.75) is 39.7 Å². The molecular weight excluding hydrogens is 230 g/mol. The van der Waals surface area contributed by atoms with E-state index >= 15 is 0 Å². The summed E-state index contributed by atoms with van der Waals surface area (Å²) in [5.74, 6) is 0.0170. The van der Waals surface area contributed by atoms with Gasteiger partial charge in [0, 0.05) is 24.5 Å². The summed E-state index contributed by atoms with van der Waals surface area (Å²) in [6.07, 6.45) is 2.11. The van der Waals surface area contributed by atoms with Crippen LogP contribution in [0.25, 0.3) is 0 Å². The molecule has 1 aromatic rings. The molecule has 1 atom stereocenters. The van der Waals surface area contributed by atoms with Gasteiger partial charge in [0.15, 0.2) is 0 Å². The number of hydrogen-bond acceptors (Lipinski definition) is 3. The Morgan fingerprint density at radius 1 is 1.33 bits per heavy atom. The summed E-state index contributed by atoms with van der Waals surface area (Å²) >= 11 is 0. The number of nitrogens with zero attached hydrogens (tertiary/aromatic N) is 3. The molecule has 1 aliphatic rings. The summed E-state index contributed by atoms with van der Waals surface area (Å²) in [5.41, 5.74) is 1.13. The smallest absolute Gasteiger partial charge is 0.341 e. The second-order valence-corrected chi connectivity index (χ2v) is 4.90. The zero-order chi connectivity index (χ0) is 13.3. The zero-order valence-corrected chi connectivity index (χ0v) is 11.1. The van der Waals surface area contributed by atoms with E-state index in [1.54, 1.807) is 13.8 Å².